The van der Waals surface area contributed by atoms with Gasteiger partial charge in [-0.3, -0.25) is 9.52 Å². The Hall–Kier alpha value is -2.61. The van der Waals surface area contributed by atoms with E-state index < -0.39 is 15.9 Å². The molecule has 0 bridgehead atoms. The minimum atomic E-state index is -3.76. The number of benzene rings is 1. The highest BCUT2D eigenvalue weighted by molar-refractivity contribution is 7.92. The first kappa shape index (κ1) is 14.8. The number of hydrogen-bond donors (Lipinski definition) is 2. The topological polar surface area (TPSA) is 111 Å². The summed E-state index contributed by atoms with van der Waals surface area (Å²) in [5.41, 5.74) is 5.64. The maximum atomic E-state index is 12.2. The van der Waals surface area contributed by atoms with Crippen LogP contribution >= 0.6 is 0 Å². The van der Waals surface area contributed by atoms with Crippen molar-refractivity contribution in [3.63, 3.8) is 0 Å². The molecule has 0 aliphatic carbocycles. The fourth-order valence-corrected chi connectivity index (χ4v) is 2.62. The quantitative estimate of drug-likeness (QED) is 0.855. The molecular weight excluding hydrogens is 294 g/mol. The molecule has 0 atom stereocenters. The van der Waals surface area contributed by atoms with Crippen LogP contribution in [0.4, 0.5) is 5.69 Å². The maximum absolute atomic E-state index is 12.2. The van der Waals surface area contributed by atoms with Crippen molar-refractivity contribution >= 4 is 21.6 Å². The number of nitrogens with one attached hydrogen (secondary N) is 1. The van der Waals surface area contributed by atoms with Gasteiger partial charge in [0, 0.05) is 11.6 Å². The molecule has 1 amide bonds. The van der Waals surface area contributed by atoms with E-state index in [-0.39, 0.29) is 10.5 Å². The Bertz CT molecular complexity index is 740. The van der Waals surface area contributed by atoms with Crippen molar-refractivity contribution in [3.05, 3.63) is 48.2 Å². The van der Waals surface area contributed by atoms with E-state index in [2.05, 4.69) is 9.71 Å². The number of amides is 1. The number of primary amides is 1. The summed E-state index contributed by atoms with van der Waals surface area (Å²) in [4.78, 5) is 14.9. The molecule has 0 unspecified atom stereocenters. The average molecular weight is 307 g/mol. The summed E-state index contributed by atoms with van der Waals surface area (Å²) in [6, 6.07) is 8.38. The van der Waals surface area contributed by atoms with Crippen LogP contribution in [-0.2, 0) is 10.0 Å². The number of anilines is 1. The van der Waals surface area contributed by atoms with Gasteiger partial charge in [0.05, 0.1) is 23.9 Å². The maximum Gasteiger partial charge on any atom is 0.261 e. The minimum absolute atomic E-state index is 0.0170. The Morgan fingerprint density at radius 2 is 1.86 bits per heavy atom. The molecule has 1 heterocycles. The van der Waals surface area contributed by atoms with Gasteiger partial charge in [-0.2, -0.15) is 0 Å². The molecule has 3 N–H and O–H groups in total. The average Bonchev–Trinajstić information content (AvgIpc) is 2.48. The van der Waals surface area contributed by atoms with E-state index in [1.54, 1.807) is 0 Å². The molecule has 0 saturated carbocycles. The van der Waals surface area contributed by atoms with Crippen molar-refractivity contribution < 1.29 is 17.9 Å². The third-order valence-corrected chi connectivity index (χ3v) is 4.04. The molecule has 2 rings (SSSR count). The number of aromatic nitrogens is 1. The molecule has 1 aromatic heterocycles. The summed E-state index contributed by atoms with van der Waals surface area (Å²) in [5, 5.41) is 0. The number of carbonyl (C=O) groups is 1. The second-order valence-electron chi connectivity index (χ2n) is 4.08. The summed E-state index contributed by atoms with van der Waals surface area (Å²) in [7, 11) is -2.29. The van der Waals surface area contributed by atoms with E-state index in [0.717, 1.165) is 0 Å². The third-order valence-electron chi connectivity index (χ3n) is 2.65. The molecule has 0 spiro atoms. The van der Waals surface area contributed by atoms with Gasteiger partial charge in [0.25, 0.3) is 10.0 Å². The number of ether oxygens (including phenoxy) is 1. The Kier molecular flexibility index (Phi) is 4.08. The number of nitrogens with two attached hydrogens (primary N) is 1. The summed E-state index contributed by atoms with van der Waals surface area (Å²) >= 11 is 0. The number of carbonyl (C=O) groups excluding carboxylic acids is 1. The minimum Gasteiger partial charge on any atom is -0.481 e. The van der Waals surface area contributed by atoms with Crippen LogP contribution in [0.1, 0.15) is 10.4 Å². The Morgan fingerprint density at radius 3 is 2.33 bits per heavy atom. The molecule has 2 aromatic rings. The first-order chi connectivity index (χ1) is 9.92. The predicted octanol–water partition coefficient (Wildman–Crippen LogP) is 0.990. The molecule has 0 aliphatic heterocycles. The number of rotatable bonds is 5. The SMILES string of the molecule is COc1ccc(NS(=O)(=O)c2ccc(C(N)=O)cc2)cn1. The lowest BCUT2D eigenvalue weighted by atomic mass is 10.2. The molecule has 0 fully saturated rings. The van der Waals surface area contributed by atoms with E-state index >= 15 is 0 Å². The van der Waals surface area contributed by atoms with Crippen LogP contribution in [0.3, 0.4) is 0 Å². The summed E-state index contributed by atoms with van der Waals surface area (Å²) in [5.74, 6) is -0.241. The summed E-state index contributed by atoms with van der Waals surface area (Å²) in [6.07, 6.45) is 1.34. The Morgan fingerprint density at radius 1 is 1.19 bits per heavy atom. The van der Waals surface area contributed by atoms with Gasteiger partial charge in [-0.15, -0.1) is 0 Å². The van der Waals surface area contributed by atoms with Crippen molar-refractivity contribution in [1.29, 1.82) is 0 Å². The van der Waals surface area contributed by atoms with Crippen LogP contribution in [0.2, 0.25) is 0 Å². The molecule has 0 saturated heterocycles. The van der Waals surface area contributed by atoms with Gasteiger partial charge >= 0.3 is 0 Å². The van der Waals surface area contributed by atoms with E-state index in [0.29, 0.717) is 11.6 Å². The van der Waals surface area contributed by atoms with E-state index in [4.69, 9.17) is 10.5 Å². The van der Waals surface area contributed by atoms with Gasteiger partial charge in [0.1, 0.15) is 0 Å². The lowest BCUT2D eigenvalue weighted by Gasteiger charge is -2.08. The van der Waals surface area contributed by atoms with Crippen molar-refractivity contribution in [1.82, 2.24) is 4.98 Å². The number of methoxy groups -OCH3 is 1. The van der Waals surface area contributed by atoms with E-state index in [1.807, 2.05) is 0 Å². The molecule has 0 radical (unpaired) electrons. The first-order valence-corrected chi connectivity index (χ1v) is 7.33. The van der Waals surface area contributed by atoms with Crippen LogP contribution in [0.25, 0.3) is 0 Å². The molecule has 0 aliphatic rings. The monoisotopic (exact) mass is 307 g/mol. The van der Waals surface area contributed by atoms with Gasteiger partial charge < -0.3 is 10.5 Å². The standard InChI is InChI=1S/C13H13N3O4S/c1-20-12-7-4-10(8-15-12)16-21(18,19)11-5-2-9(3-6-11)13(14)17/h2-8,16H,1H3,(H2,14,17). The molecule has 1 aromatic carbocycles. The second kappa shape index (κ2) is 5.80. The number of nitrogens with zero attached hydrogens (tertiary/aromatic N) is 1. The van der Waals surface area contributed by atoms with Gasteiger partial charge in [0.2, 0.25) is 11.8 Å². The normalized spacial score (nSPS) is 10.9. The predicted molar refractivity (Wildman–Crippen MR) is 76.6 cm³/mol. The van der Waals surface area contributed by atoms with Gasteiger partial charge in [-0.1, -0.05) is 0 Å². The van der Waals surface area contributed by atoms with Crippen molar-refractivity contribution in [2.24, 2.45) is 5.73 Å². The number of pyridine rings is 1. The first-order valence-electron chi connectivity index (χ1n) is 5.85. The van der Waals surface area contributed by atoms with E-state index in [9.17, 15) is 13.2 Å². The zero-order valence-corrected chi connectivity index (χ0v) is 11.9. The second-order valence-corrected chi connectivity index (χ2v) is 5.77. The number of sulfonamides is 1. The zero-order chi connectivity index (χ0) is 15.5. The Labute approximate surface area is 121 Å². The highest BCUT2D eigenvalue weighted by Gasteiger charge is 2.15. The molecule has 8 heteroatoms. The van der Waals surface area contributed by atoms with Crippen LogP contribution in [-0.4, -0.2) is 26.4 Å². The lowest BCUT2D eigenvalue weighted by molar-refractivity contribution is 0.1000. The van der Waals surface area contributed by atoms with Crippen molar-refractivity contribution in [2.45, 2.75) is 4.90 Å². The lowest BCUT2D eigenvalue weighted by Crippen LogP contribution is -2.14. The summed E-state index contributed by atoms with van der Waals surface area (Å²) in [6.45, 7) is 0. The largest absolute Gasteiger partial charge is 0.481 e. The van der Waals surface area contributed by atoms with Crippen molar-refractivity contribution in [2.75, 3.05) is 11.8 Å². The molecular formula is C13H13N3O4S. The Balaban J connectivity index is 2.22. The van der Waals surface area contributed by atoms with Crippen LogP contribution in [0.5, 0.6) is 5.88 Å². The van der Waals surface area contributed by atoms with E-state index in [1.165, 1.54) is 49.7 Å². The fraction of sp³-hybridized carbons (Fsp3) is 0.0769. The fourth-order valence-electron chi connectivity index (χ4n) is 1.57. The molecule has 110 valence electrons. The zero-order valence-electron chi connectivity index (χ0n) is 11.1. The van der Waals surface area contributed by atoms with Gasteiger partial charge in [-0.25, -0.2) is 13.4 Å². The van der Waals surface area contributed by atoms with Crippen LogP contribution < -0.4 is 15.2 Å². The van der Waals surface area contributed by atoms with Gasteiger partial charge in [0.15, 0.2) is 0 Å². The van der Waals surface area contributed by atoms with Crippen LogP contribution in [0.15, 0.2) is 47.5 Å². The number of hydrogen-bond acceptors (Lipinski definition) is 5. The summed E-state index contributed by atoms with van der Waals surface area (Å²) < 4.78 is 31.6. The molecule has 7 nitrogen and oxygen atoms in total. The van der Waals surface area contributed by atoms with Gasteiger partial charge in [-0.05, 0) is 30.3 Å². The van der Waals surface area contributed by atoms with Crippen molar-refractivity contribution in [3.8, 4) is 5.88 Å². The highest BCUT2D eigenvalue weighted by Crippen LogP contribution is 2.17. The molecule has 21 heavy (non-hydrogen) atoms. The smallest absolute Gasteiger partial charge is 0.261 e. The van der Waals surface area contributed by atoms with Crippen LogP contribution in [0, 0.1) is 0 Å². The third kappa shape index (κ3) is 3.48. The highest BCUT2D eigenvalue weighted by atomic mass is 32.2.